The number of hydrogen-bond acceptors (Lipinski definition) is 3. The number of aromatic amines is 1. The van der Waals surface area contributed by atoms with Crippen molar-refractivity contribution in [3.63, 3.8) is 0 Å². The van der Waals surface area contributed by atoms with Crippen LogP contribution in [-0.4, -0.2) is 4.98 Å². The first kappa shape index (κ1) is 9.21. The van der Waals surface area contributed by atoms with Crippen LogP contribution < -0.4 is 11.2 Å². The number of aromatic nitrogens is 1. The second-order valence-electron chi connectivity index (χ2n) is 3.02. The van der Waals surface area contributed by atoms with Gasteiger partial charge in [-0.2, -0.15) is 5.26 Å². The third kappa shape index (κ3) is 1.23. The van der Waals surface area contributed by atoms with Crippen LogP contribution >= 0.6 is 0 Å². The minimum atomic E-state index is -0.679. The Morgan fingerprint density at radius 3 is 2.87 bits per heavy atom. The zero-order valence-electron chi connectivity index (χ0n) is 7.54. The monoisotopic (exact) mass is 203 g/mol. The van der Waals surface area contributed by atoms with Gasteiger partial charge >= 0.3 is 0 Å². The maximum Gasteiger partial charge on any atom is 0.212 e. The molecule has 0 radical (unpaired) electrons. The zero-order valence-corrected chi connectivity index (χ0v) is 7.54. The third-order valence-electron chi connectivity index (χ3n) is 2.12. The van der Waals surface area contributed by atoms with Crippen LogP contribution in [0.3, 0.4) is 0 Å². The number of H-pyrrole nitrogens is 1. The number of hydrogen-bond donors (Lipinski definition) is 2. The molecule has 5 heteroatoms. The molecule has 0 aliphatic carbocycles. The molecule has 0 unspecified atom stereocenters. The second-order valence-corrected chi connectivity index (χ2v) is 3.02. The number of nitrogens with one attached hydrogen (secondary N) is 1. The molecule has 1 aromatic heterocycles. The first-order valence-electron chi connectivity index (χ1n) is 4.15. The van der Waals surface area contributed by atoms with Gasteiger partial charge in [-0.25, -0.2) is 4.39 Å². The summed E-state index contributed by atoms with van der Waals surface area (Å²) in [6, 6.07) is 5.79. The van der Waals surface area contributed by atoms with E-state index in [9.17, 15) is 9.18 Å². The molecule has 0 saturated heterocycles. The number of nitrogens with two attached hydrogens (primary N) is 1. The molecule has 0 amide bonds. The molecule has 74 valence electrons. The van der Waals surface area contributed by atoms with E-state index in [1.54, 1.807) is 6.07 Å². The Morgan fingerprint density at radius 2 is 2.20 bits per heavy atom. The second kappa shape index (κ2) is 3.10. The molecular weight excluding hydrogens is 197 g/mol. The summed E-state index contributed by atoms with van der Waals surface area (Å²) in [6.45, 7) is 0. The largest absolute Gasteiger partial charge is 0.384 e. The van der Waals surface area contributed by atoms with Gasteiger partial charge in [0.15, 0.2) is 0 Å². The zero-order chi connectivity index (χ0) is 11.0. The fourth-order valence-corrected chi connectivity index (χ4v) is 1.42. The first-order valence-corrected chi connectivity index (χ1v) is 4.15. The number of nitrogens with zero attached hydrogens (tertiary/aromatic N) is 1. The van der Waals surface area contributed by atoms with Crippen molar-refractivity contribution >= 4 is 16.7 Å². The number of fused-ring (bicyclic) bond motifs is 1. The lowest BCUT2D eigenvalue weighted by Gasteiger charge is -2.02. The van der Waals surface area contributed by atoms with Crippen molar-refractivity contribution in [3.05, 3.63) is 39.8 Å². The van der Waals surface area contributed by atoms with Gasteiger partial charge in [-0.15, -0.1) is 0 Å². The minimum absolute atomic E-state index is 0.0411. The summed E-state index contributed by atoms with van der Waals surface area (Å²) >= 11 is 0. The Kier molecular flexibility index (Phi) is 1.90. The van der Waals surface area contributed by atoms with Crippen LogP contribution in [0.15, 0.2) is 23.0 Å². The number of nitriles is 1. The molecule has 1 aromatic carbocycles. The van der Waals surface area contributed by atoms with E-state index in [1.165, 1.54) is 12.1 Å². The van der Waals surface area contributed by atoms with Gasteiger partial charge in [0, 0.05) is 0 Å². The van der Waals surface area contributed by atoms with Crippen molar-refractivity contribution in [2.24, 2.45) is 0 Å². The van der Waals surface area contributed by atoms with E-state index in [-0.39, 0.29) is 22.3 Å². The van der Waals surface area contributed by atoms with Crippen molar-refractivity contribution < 1.29 is 4.39 Å². The van der Waals surface area contributed by atoms with Gasteiger partial charge in [-0.1, -0.05) is 6.07 Å². The molecule has 1 heterocycles. The normalized spacial score (nSPS) is 10.1. The van der Waals surface area contributed by atoms with Crippen LogP contribution in [0.25, 0.3) is 10.9 Å². The smallest absolute Gasteiger partial charge is 0.212 e. The van der Waals surface area contributed by atoms with Crippen LogP contribution in [0.5, 0.6) is 0 Å². The van der Waals surface area contributed by atoms with Crippen LogP contribution in [0.1, 0.15) is 5.56 Å². The maximum absolute atomic E-state index is 13.3. The van der Waals surface area contributed by atoms with E-state index < -0.39 is 11.2 Å². The predicted molar refractivity (Wildman–Crippen MR) is 53.7 cm³/mol. The summed E-state index contributed by atoms with van der Waals surface area (Å²) in [5, 5.41) is 8.54. The molecule has 0 spiro atoms. The molecule has 0 atom stereocenters. The standard InChI is InChI=1S/C10H6FN3O/c11-6-2-1-3-7-8(6)9(15)5(4-12)10(13)14-7/h1-3H,(H3,13,14,15). The van der Waals surface area contributed by atoms with Crippen LogP contribution in [-0.2, 0) is 0 Å². The topological polar surface area (TPSA) is 82.7 Å². The summed E-state index contributed by atoms with van der Waals surface area (Å²) < 4.78 is 13.3. The highest BCUT2D eigenvalue weighted by molar-refractivity contribution is 5.82. The van der Waals surface area contributed by atoms with E-state index in [1.807, 2.05) is 0 Å². The molecular formula is C10H6FN3O. The van der Waals surface area contributed by atoms with E-state index in [0.29, 0.717) is 0 Å². The van der Waals surface area contributed by atoms with Crippen LogP contribution in [0, 0.1) is 17.1 Å². The lowest BCUT2D eigenvalue weighted by atomic mass is 10.1. The molecule has 0 aliphatic rings. The molecule has 2 aromatic rings. The van der Waals surface area contributed by atoms with Gasteiger partial charge < -0.3 is 10.7 Å². The number of benzene rings is 1. The van der Waals surface area contributed by atoms with E-state index >= 15 is 0 Å². The maximum atomic E-state index is 13.3. The molecule has 0 fully saturated rings. The van der Waals surface area contributed by atoms with E-state index in [2.05, 4.69) is 4.98 Å². The number of halogens is 1. The Bertz CT molecular complexity index is 639. The fraction of sp³-hybridized carbons (Fsp3) is 0. The summed E-state index contributed by atoms with van der Waals surface area (Å²) in [4.78, 5) is 14.2. The summed E-state index contributed by atoms with van der Waals surface area (Å²) in [7, 11) is 0. The number of nitrogen functional groups attached to an aromatic ring is 1. The summed E-state index contributed by atoms with van der Waals surface area (Å²) in [6.07, 6.45) is 0. The Labute approximate surface area is 83.8 Å². The third-order valence-corrected chi connectivity index (χ3v) is 2.12. The average Bonchev–Trinajstić information content (AvgIpc) is 2.17. The highest BCUT2D eigenvalue weighted by atomic mass is 19.1. The van der Waals surface area contributed by atoms with Gasteiger partial charge in [0.05, 0.1) is 10.9 Å². The Morgan fingerprint density at radius 1 is 1.47 bits per heavy atom. The Balaban J connectivity index is 3.08. The molecule has 0 aliphatic heterocycles. The Hall–Kier alpha value is -2.35. The molecule has 2 rings (SSSR count). The average molecular weight is 203 g/mol. The van der Waals surface area contributed by atoms with Gasteiger partial charge in [-0.05, 0) is 12.1 Å². The fourth-order valence-electron chi connectivity index (χ4n) is 1.42. The van der Waals surface area contributed by atoms with E-state index in [0.717, 1.165) is 6.07 Å². The minimum Gasteiger partial charge on any atom is -0.384 e. The predicted octanol–water partition coefficient (Wildman–Crippen LogP) is 1.12. The van der Waals surface area contributed by atoms with Gasteiger partial charge in [0.2, 0.25) is 5.43 Å². The van der Waals surface area contributed by atoms with Gasteiger partial charge in [0.25, 0.3) is 0 Å². The summed E-state index contributed by atoms with van der Waals surface area (Å²) in [5.74, 6) is -0.703. The van der Waals surface area contributed by atoms with Crippen LogP contribution in [0.4, 0.5) is 10.2 Å². The lowest BCUT2D eigenvalue weighted by Crippen LogP contribution is -2.13. The highest BCUT2D eigenvalue weighted by Gasteiger charge is 2.12. The van der Waals surface area contributed by atoms with E-state index in [4.69, 9.17) is 11.0 Å². The highest BCUT2D eigenvalue weighted by Crippen LogP contribution is 2.15. The summed E-state index contributed by atoms with van der Waals surface area (Å²) in [5.41, 5.74) is 4.80. The van der Waals surface area contributed by atoms with Gasteiger partial charge in [-0.3, -0.25) is 4.79 Å². The quantitative estimate of drug-likeness (QED) is 0.673. The molecule has 0 bridgehead atoms. The van der Waals surface area contributed by atoms with Crippen molar-refractivity contribution in [2.75, 3.05) is 5.73 Å². The van der Waals surface area contributed by atoms with Gasteiger partial charge in [0.1, 0.15) is 23.3 Å². The molecule has 4 nitrogen and oxygen atoms in total. The lowest BCUT2D eigenvalue weighted by molar-refractivity contribution is 0.639. The molecule has 15 heavy (non-hydrogen) atoms. The van der Waals surface area contributed by atoms with Crippen LogP contribution in [0.2, 0.25) is 0 Å². The number of anilines is 1. The molecule has 3 N–H and O–H groups in total. The van der Waals surface area contributed by atoms with Crippen molar-refractivity contribution in [3.8, 4) is 6.07 Å². The van der Waals surface area contributed by atoms with Crippen molar-refractivity contribution in [2.45, 2.75) is 0 Å². The van der Waals surface area contributed by atoms with Crippen molar-refractivity contribution in [1.82, 2.24) is 4.98 Å². The van der Waals surface area contributed by atoms with Crippen molar-refractivity contribution in [1.29, 1.82) is 5.26 Å². The number of rotatable bonds is 0. The number of pyridine rings is 1. The molecule has 0 saturated carbocycles. The SMILES string of the molecule is N#Cc1c(N)[nH]c2cccc(F)c2c1=O. The first-order chi connectivity index (χ1) is 7.15.